The minimum absolute atomic E-state index is 0.0278. The zero-order valence-corrected chi connectivity index (χ0v) is 17.0. The van der Waals surface area contributed by atoms with Gasteiger partial charge in [-0.2, -0.15) is 0 Å². The lowest BCUT2D eigenvalue weighted by Gasteiger charge is -2.38. The number of urea groups is 1. The molecule has 0 fully saturated rings. The van der Waals surface area contributed by atoms with Gasteiger partial charge in [-0.15, -0.1) is 0 Å². The Morgan fingerprint density at radius 2 is 2.00 bits per heavy atom. The number of fused-ring (bicyclic) bond motifs is 1. The normalized spacial score (nSPS) is 17.2. The summed E-state index contributed by atoms with van der Waals surface area (Å²) in [7, 11) is -4.48. The summed E-state index contributed by atoms with van der Waals surface area (Å²) in [6.45, 7) is 3.83. The minimum Gasteiger partial charge on any atom is -0.480 e. The third-order valence-electron chi connectivity index (χ3n) is 4.04. The van der Waals surface area contributed by atoms with E-state index in [0.29, 0.717) is 0 Å². The third-order valence-corrected chi connectivity index (χ3v) is 5.24. The maximum Gasteiger partial charge on any atom is 0.344 e. The van der Waals surface area contributed by atoms with Gasteiger partial charge < -0.3 is 24.7 Å². The first-order valence-corrected chi connectivity index (χ1v) is 10.7. The van der Waals surface area contributed by atoms with Crippen molar-refractivity contribution in [2.45, 2.75) is 32.9 Å². The van der Waals surface area contributed by atoms with E-state index in [1.54, 1.807) is 0 Å². The summed E-state index contributed by atoms with van der Waals surface area (Å²) < 4.78 is 12.2. The van der Waals surface area contributed by atoms with Gasteiger partial charge in [-0.3, -0.25) is 4.57 Å². The number of carbonyl (C=O) groups excluding carboxylic acids is 1. The highest BCUT2D eigenvalue weighted by molar-refractivity contribution is 9.10. The Morgan fingerprint density at radius 3 is 2.54 bits per heavy atom. The Kier molecular flexibility index (Phi) is 6.50. The molecule has 2 amide bonds. The zero-order chi connectivity index (χ0) is 19.6. The van der Waals surface area contributed by atoms with Crippen molar-refractivity contribution in [3.63, 3.8) is 0 Å². The SMILES string of the molecule is CC(C)CN(CP(=O)(O)O)C(=O)N1Cc2cc(Br)ccc2C[C@H]1C(=O)O. The van der Waals surface area contributed by atoms with Gasteiger partial charge in [0.05, 0.1) is 0 Å². The number of benzene rings is 1. The number of hydrogen-bond acceptors (Lipinski definition) is 3. The second kappa shape index (κ2) is 8.08. The van der Waals surface area contributed by atoms with Gasteiger partial charge in [0.1, 0.15) is 12.3 Å². The third kappa shape index (κ3) is 5.30. The molecule has 26 heavy (non-hydrogen) atoms. The first-order valence-electron chi connectivity index (χ1n) is 8.08. The van der Waals surface area contributed by atoms with E-state index in [4.69, 9.17) is 0 Å². The fourth-order valence-corrected chi connectivity index (χ4v) is 4.11. The van der Waals surface area contributed by atoms with Crippen LogP contribution >= 0.6 is 23.5 Å². The van der Waals surface area contributed by atoms with Crippen LogP contribution in [0.2, 0.25) is 0 Å². The van der Waals surface area contributed by atoms with Gasteiger partial charge in [-0.1, -0.05) is 35.8 Å². The number of carboxylic acids is 1. The number of amides is 2. The number of nitrogens with zero attached hydrogens (tertiary/aromatic N) is 2. The first kappa shape index (κ1) is 20.9. The number of carboxylic acid groups (broad SMARTS) is 1. The van der Waals surface area contributed by atoms with Crippen LogP contribution in [0.3, 0.4) is 0 Å². The van der Waals surface area contributed by atoms with Crippen molar-refractivity contribution < 1.29 is 29.0 Å². The van der Waals surface area contributed by atoms with E-state index in [1.165, 1.54) is 4.90 Å². The number of rotatable bonds is 5. The van der Waals surface area contributed by atoms with E-state index >= 15 is 0 Å². The molecule has 8 nitrogen and oxygen atoms in total. The summed E-state index contributed by atoms with van der Waals surface area (Å²) in [5.74, 6) is -1.17. The van der Waals surface area contributed by atoms with Gasteiger partial charge in [-0.05, 0) is 29.2 Å². The molecule has 0 radical (unpaired) electrons. The molecule has 1 atom stereocenters. The van der Waals surface area contributed by atoms with Gasteiger partial charge in [-0.25, -0.2) is 9.59 Å². The Morgan fingerprint density at radius 1 is 1.35 bits per heavy atom. The largest absolute Gasteiger partial charge is 0.480 e. The Labute approximate surface area is 160 Å². The van der Waals surface area contributed by atoms with E-state index in [9.17, 15) is 29.0 Å². The van der Waals surface area contributed by atoms with Gasteiger partial charge in [0.2, 0.25) is 0 Å². The quantitative estimate of drug-likeness (QED) is 0.595. The molecule has 0 unspecified atom stereocenters. The highest BCUT2D eigenvalue weighted by Gasteiger charge is 2.38. The van der Waals surface area contributed by atoms with Crippen LogP contribution in [0.4, 0.5) is 4.79 Å². The molecule has 1 aliphatic heterocycles. The predicted molar refractivity (Wildman–Crippen MR) is 98.7 cm³/mol. The molecule has 0 saturated heterocycles. The molecule has 10 heteroatoms. The van der Waals surface area contributed by atoms with E-state index in [0.717, 1.165) is 20.5 Å². The highest BCUT2D eigenvalue weighted by atomic mass is 79.9. The van der Waals surface area contributed by atoms with Crippen molar-refractivity contribution in [2.24, 2.45) is 5.92 Å². The van der Waals surface area contributed by atoms with E-state index in [-0.39, 0.29) is 25.4 Å². The van der Waals surface area contributed by atoms with Crippen LogP contribution in [-0.4, -0.2) is 55.6 Å². The van der Waals surface area contributed by atoms with Gasteiger partial charge in [0.25, 0.3) is 0 Å². The van der Waals surface area contributed by atoms with Gasteiger partial charge in [0.15, 0.2) is 0 Å². The van der Waals surface area contributed by atoms with Gasteiger partial charge in [0, 0.05) is 24.0 Å². The molecular weight excluding hydrogens is 427 g/mol. The molecule has 1 aliphatic rings. The summed E-state index contributed by atoms with van der Waals surface area (Å²) in [5.41, 5.74) is 1.65. The molecule has 1 aromatic rings. The smallest absolute Gasteiger partial charge is 0.344 e. The maximum atomic E-state index is 13.0. The first-order chi connectivity index (χ1) is 12.0. The van der Waals surface area contributed by atoms with E-state index in [1.807, 2.05) is 32.0 Å². The second-order valence-electron chi connectivity index (χ2n) is 6.80. The number of hydrogen-bond donors (Lipinski definition) is 3. The van der Waals surface area contributed by atoms with Gasteiger partial charge >= 0.3 is 19.6 Å². The van der Waals surface area contributed by atoms with Crippen LogP contribution in [0.25, 0.3) is 0 Å². The molecule has 0 aromatic heterocycles. The number of carbonyl (C=O) groups is 2. The van der Waals surface area contributed by atoms with Crippen LogP contribution in [0, 0.1) is 5.92 Å². The summed E-state index contributed by atoms with van der Waals surface area (Å²) in [6.07, 6.45) is -0.590. The van der Waals surface area contributed by atoms with Crippen molar-refractivity contribution in [3.05, 3.63) is 33.8 Å². The molecule has 0 aliphatic carbocycles. The summed E-state index contributed by atoms with van der Waals surface area (Å²) in [5, 5.41) is 9.56. The minimum atomic E-state index is -4.48. The highest BCUT2D eigenvalue weighted by Crippen LogP contribution is 2.36. The number of aliphatic carboxylic acids is 1. The lowest BCUT2D eigenvalue weighted by molar-refractivity contribution is -0.142. The Balaban J connectivity index is 2.35. The Bertz CT molecular complexity index is 750. The van der Waals surface area contributed by atoms with E-state index in [2.05, 4.69) is 15.9 Å². The molecule has 144 valence electrons. The van der Waals surface area contributed by atoms with Crippen LogP contribution < -0.4 is 0 Å². The predicted octanol–water partition coefficient (Wildman–Crippen LogP) is 2.47. The standard InChI is InChI=1S/C16H22BrN2O6P/c1-10(2)7-18(9-26(23,24)25)16(22)19-8-12-5-13(17)4-3-11(12)6-14(19)15(20)21/h3-5,10,14H,6-9H2,1-2H3,(H,20,21)(H2,23,24,25)/t14-/m0/s1. The molecule has 3 N–H and O–H groups in total. The Hall–Kier alpha value is -1.41. The van der Waals surface area contributed by atoms with Crippen LogP contribution in [-0.2, 0) is 22.3 Å². The van der Waals surface area contributed by atoms with Crippen molar-refractivity contribution in [2.75, 3.05) is 12.8 Å². The zero-order valence-electron chi connectivity index (χ0n) is 14.5. The van der Waals surface area contributed by atoms with E-state index < -0.39 is 31.9 Å². The maximum absolute atomic E-state index is 13.0. The molecule has 0 saturated carbocycles. The molecule has 0 bridgehead atoms. The fraction of sp³-hybridized carbons (Fsp3) is 0.500. The lowest BCUT2D eigenvalue weighted by atomic mass is 9.94. The summed E-state index contributed by atoms with van der Waals surface area (Å²) in [4.78, 5) is 45.5. The van der Waals surface area contributed by atoms with Crippen molar-refractivity contribution >= 4 is 35.5 Å². The molecule has 2 rings (SSSR count). The molecule has 1 heterocycles. The molecular formula is C16H22BrN2O6P. The van der Waals surface area contributed by atoms with Crippen LogP contribution in [0.15, 0.2) is 22.7 Å². The lowest BCUT2D eigenvalue weighted by Crippen LogP contribution is -2.54. The monoisotopic (exact) mass is 448 g/mol. The van der Waals surface area contributed by atoms with Crippen LogP contribution in [0.5, 0.6) is 0 Å². The van der Waals surface area contributed by atoms with Crippen molar-refractivity contribution in [1.29, 1.82) is 0 Å². The number of halogens is 1. The van der Waals surface area contributed by atoms with Crippen LogP contribution in [0.1, 0.15) is 25.0 Å². The fourth-order valence-electron chi connectivity index (χ4n) is 3.02. The molecule has 0 spiro atoms. The van der Waals surface area contributed by atoms with Crippen molar-refractivity contribution in [1.82, 2.24) is 9.80 Å². The molecule has 1 aromatic carbocycles. The second-order valence-corrected chi connectivity index (χ2v) is 9.33. The summed E-state index contributed by atoms with van der Waals surface area (Å²) >= 11 is 3.36. The average molecular weight is 449 g/mol. The average Bonchev–Trinajstić information content (AvgIpc) is 2.50. The topological polar surface area (TPSA) is 118 Å². The summed E-state index contributed by atoms with van der Waals surface area (Å²) in [6, 6.07) is 3.69. The van der Waals surface area contributed by atoms with Crippen molar-refractivity contribution in [3.8, 4) is 0 Å².